The number of hydrogen-bond donors (Lipinski definition) is 4. The molecule has 2 aromatic rings. The van der Waals surface area contributed by atoms with E-state index in [0.717, 1.165) is 38.5 Å². The maximum atomic E-state index is 13.1. The first-order chi connectivity index (χ1) is 20.4. The van der Waals surface area contributed by atoms with Crippen molar-refractivity contribution < 1.29 is 33.7 Å². The molecule has 43 heavy (non-hydrogen) atoms. The fourth-order valence-electron chi connectivity index (χ4n) is 5.40. The minimum atomic E-state index is -1.63. The summed E-state index contributed by atoms with van der Waals surface area (Å²) in [5.74, 6) is -0.634. The molecule has 1 saturated carbocycles. The Labute approximate surface area is 252 Å². The molecule has 0 radical (unpaired) electrons. The maximum Gasteiger partial charge on any atom is 0.323 e. The number of nitrogens with zero attached hydrogens (tertiary/aromatic N) is 3. The van der Waals surface area contributed by atoms with E-state index in [-0.39, 0.29) is 18.5 Å². The van der Waals surface area contributed by atoms with Crippen LogP contribution in [0.1, 0.15) is 84.8 Å². The fraction of sp³-hybridized carbons (Fsp3) is 0.700. The van der Waals surface area contributed by atoms with Gasteiger partial charge < -0.3 is 30.4 Å². The Kier molecular flexibility index (Phi) is 10.4. The van der Waals surface area contributed by atoms with Gasteiger partial charge in [0.05, 0.1) is 5.69 Å². The summed E-state index contributed by atoms with van der Waals surface area (Å²) in [5, 5.41) is 22.0. The molecule has 238 valence electrons. The molecule has 13 nitrogen and oxygen atoms in total. The van der Waals surface area contributed by atoms with Crippen LogP contribution in [-0.2, 0) is 34.3 Å². The second kappa shape index (κ2) is 13.7. The lowest BCUT2D eigenvalue weighted by molar-refractivity contribution is -0.164. The van der Waals surface area contributed by atoms with Gasteiger partial charge in [0.1, 0.15) is 36.7 Å². The molecule has 2 fully saturated rings. The van der Waals surface area contributed by atoms with Crippen LogP contribution in [0.2, 0.25) is 0 Å². The van der Waals surface area contributed by atoms with Gasteiger partial charge >= 0.3 is 11.9 Å². The Hall–Kier alpha value is -3.13. The molecule has 1 saturated heterocycles. The standard InChI is InChI=1S/C30H46N6O7/c1-6-7-8-12-22(37)35-27-19-13-14-21(36(19)34-17-33-27)30(32-5)26(39)24(42-28(40)25(31)29(2,3)4)20(43-30)16-41-23(38)15-18-10-9-11-18/h13-14,17-18,20,24-26,32,39H,6-12,15-16,31H2,1-5H3,(H,33,34,35,37)/t20-,24-,25-,26-,30+/m1/s1. The normalized spacial score (nSPS) is 24.9. The summed E-state index contributed by atoms with van der Waals surface area (Å²) >= 11 is 0. The number of aromatic nitrogens is 3. The van der Waals surface area contributed by atoms with Gasteiger partial charge in [-0.15, -0.1) is 0 Å². The highest BCUT2D eigenvalue weighted by atomic mass is 16.6. The minimum Gasteiger partial charge on any atom is -0.463 e. The van der Waals surface area contributed by atoms with E-state index < -0.39 is 41.5 Å². The van der Waals surface area contributed by atoms with Gasteiger partial charge in [0.25, 0.3) is 0 Å². The number of likely N-dealkylation sites (N-methyl/N-ethyl adjacent to an activating group) is 1. The number of nitrogens with two attached hydrogens (primary N) is 1. The minimum absolute atomic E-state index is 0.164. The van der Waals surface area contributed by atoms with Crippen LogP contribution < -0.4 is 16.4 Å². The average Bonchev–Trinajstić information content (AvgIpc) is 3.49. The molecule has 3 heterocycles. The Morgan fingerprint density at radius 3 is 2.63 bits per heavy atom. The third-order valence-corrected chi connectivity index (χ3v) is 8.43. The quantitative estimate of drug-likeness (QED) is 0.195. The predicted molar refractivity (Wildman–Crippen MR) is 158 cm³/mol. The molecule has 0 unspecified atom stereocenters. The SMILES string of the molecule is CCCCCC(=O)Nc1ncnn2c([C@]3(NC)O[C@H](COC(=O)CC4CCC4)[C@@H](OC(=O)[C@@H](N)C(C)(C)C)[C@H]3O)ccc12. The van der Waals surface area contributed by atoms with Crippen LogP contribution in [0.5, 0.6) is 0 Å². The zero-order valence-electron chi connectivity index (χ0n) is 25.8. The van der Waals surface area contributed by atoms with Gasteiger partial charge in [-0.3, -0.25) is 19.7 Å². The van der Waals surface area contributed by atoms with E-state index in [0.29, 0.717) is 35.8 Å². The number of aliphatic hydroxyl groups excluding tert-OH is 1. The number of nitrogens with one attached hydrogen (secondary N) is 2. The van der Waals surface area contributed by atoms with Crippen molar-refractivity contribution in [2.75, 3.05) is 19.0 Å². The van der Waals surface area contributed by atoms with Crippen LogP contribution in [0.15, 0.2) is 18.5 Å². The highest BCUT2D eigenvalue weighted by Gasteiger charge is 2.59. The van der Waals surface area contributed by atoms with Crippen molar-refractivity contribution in [1.82, 2.24) is 19.9 Å². The van der Waals surface area contributed by atoms with Gasteiger partial charge in [-0.25, -0.2) is 9.50 Å². The van der Waals surface area contributed by atoms with Crippen molar-refractivity contribution in [3.8, 4) is 0 Å². The molecular weight excluding hydrogens is 556 g/mol. The molecule has 13 heteroatoms. The number of unbranched alkanes of at least 4 members (excludes halogenated alkanes) is 2. The first-order valence-electron chi connectivity index (χ1n) is 15.2. The van der Waals surface area contributed by atoms with Crippen molar-refractivity contribution in [2.45, 2.75) is 109 Å². The van der Waals surface area contributed by atoms with Crippen LogP contribution in [-0.4, -0.2) is 75.6 Å². The summed E-state index contributed by atoms with van der Waals surface area (Å²) in [7, 11) is 1.59. The van der Waals surface area contributed by atoms with Gasteiger partial charge in [0.15, 0.2) is 17.6 Å². The molecule has 5 N–H and O–H groups in total. The zero-order valence-corrected chi connectivity index (χ0v) is 25.8. The van der Waals surface area contributed by atoms with E-state index in [2.05, 4.69) is 27.6 Å². The first kappa shape index (κ1) is 32.8. The molecule has 0 bridgehead atoms. The van der Waals surface area contributed by atoms with Crippen LogP contribution in [0.25, 0.3) is 5.52 Å². The van der Waals surface area contributed by atoms with Gasteiger partial charge in [-0.1, -0.05) is 47.0 Å². The highest BCUT2D eigenvalue weighted by Crippen LogP contribution is 2.40. The van der Waals surface area contributed by atoms with E-state index in [1.54, 1.807) is 19.2 Å². The number of fused-ring (bicyclic) bond motifs is 1. The lowest BCUT2D eigenvalue weighted by Gasteiger charge is -2.32. The van der Waals surface area contributed by atoms with E-state index in [1.807, 2.05) is 20.8 Å². The molecule has 4 rings (SSSR count). The van der Waals surface area contributed by atoms with Crippen LogP contribution in [0.4, 0.5) is 5.82 Å². The summed E-state index contributed by atoms with van der Waals surface area (Å²) in [6.07, 6.45) is 4.07. The second-order valence-corrected chi connectivity index (χ2v) is 12.6. The molecular formula is C30H46N6O7. The number of rotatable bonds is 13. The lowest BCUT2D eigenvalue weighted by atomic mass is 9.83. The van der Waals surface area contributed by atoms with Crippen LogP contribution in [0, 0.1) is 11.3 Å². The Bertz CT molecular complexity index is 1290. The van der Waals surface area contributed by atoms with Gasteiger partial charge in [-0.2, -0.15) is 5.10 Å². The summed E-state index contributed by atoms with van der Waals surface area (Å²) in [5.41, 5.74) is 4.78. The zero-order chi connectivity index (χ0) is 31.4. The molecule has 2 aliphatic rings. The van der Waals surface area contributed by atoms with Crippen molar-refractivity contribution >= 4 is 29.2 Å². The summed E-state index contributed by atoms with van der Waals surface area (Å²) in [6.45, 7) is 7.26. The van der Waals surface area contributed by atoms with Crippen LogP contribution in [0.3, 0.4) is 0 Å². The lowest BCUT2D eigenvalue weighted by Crippen LogP contribution is -2.53. The van der Waals surface area contributed by atoms with E-state index in [4.69, 9.17) is 19.9 Å². The highest BCUT2D eigenvalue weighted by molar-refractivity contribution is 5.93. The largest absolute Gasteiger partial charge is 0.463 e. The van der Waals surface area contributed by atoms with Crippen molar-refractivity contribution in [2.24, 2.45) is 17.1 Å². The summed E-state index contributed by atoms with van der Waals surface area (Å²) in [6, 6.07) is 2.41. The van der Waals surface area contributed by atoms with Gasteiger partial charge in [0, 0.05) is 12.8 Å². The van der Waals surface area contributed by atoms with Crippen LogP contribution >= 0.6 is 0 Å². The molecule has 2 aromatic heterocycles. The number of hydrogen-bond acceptors (Lipinski definition) is 11. The fourth-order valence-corrected chi connectivity index (χ4v) is 5.40. The van der Waals surface area contributed by atoms with Crippen molar-refractivity contribution in [3.63, 3.8) is 0 Å². The van der Waals surface area contributed by atoms with Gasteiger partial charge in [0.2, 0.25) is 5.91 Å². The van der Waals surface area contributed by atoms with Crippen molar-refractivity contribution in [3.05, 3.63) is 24.2 Å². The second-order valence-electron chi connectivity index (χ2n) is 12.6. The summed E-state index contributed by atoms with van der Waals surface area (Å²) < 4.78 is 19.3. The Balaban J connectivity index is 1.62. The third-order valence-electron chi connectivity index (χ3n) is 8.43. The van der Waals surface area contributed by atoms with E-state index in [9.17, 15) is 19.5 Å². The number of amides is 1. The van der Waals surface area contributed by atoms with E-state index in [1.165, 1.54) is 10.8 Å². The third kappa shape index (κ3) is 7.17. The number of ether oxygens (including phenoxy) is 3. The molecule has 1 amide bonds. The maximum absolute atomic E-state index is 13.1. The monoisotopic (exact) mass is 602 g/mol. The number of aliphatic hydroxyl groups is 1. The molecule has 0 spiro atoms. The topological polar surface area (TPSA) is 179 Å². The predicted octanol–water partition coefficient (Wildman–Crippen LogP) is 2.40. The summed E-state index contributed by atoms with van der Waals surface area (Å²) in [4.78, 5) is 42.4. The van der Waals surface area contributed by atoms with Crippen molar-refractivity contribution in [1.29, 1.82) is 0 Å². The van der Waals surface area contributed by atoms with E-state index >= 15 is 0 Å². The number of esters is 2. The molecule has 0 aromatic carbocycles. The Morgan fingerprint density at radius 1 is 1.26 bits per heavy atom. The molecule has 1 aliphatic carbocycles. The number of carbonyl (C=O) groups excluding carboxylic acids is 3. The first-order valence-corrected chi connectivity index (χ1v) is 15.2. The molecule has 5 atom stereocenters. The molecule has 1 aliphatic heterocycles. The number of anilines is 1. The smallest absolute Gasteiger partial charge is 0.323 e. The number of carbonyl (C=O) groups is 3. The average molecular weight is 603 g/mol. The van der Waals surface area contributed by atoms with Gasteiger partial charge in [-0.05, 0) is 49.8 Å². The Morgan fingerprint density at radius 2 is 2.00 bits per heavy atom.